The Balaban J connectivity index is 1.52. The highest BCUT2D eigenvalue weighted by Crippen LogP contribution is 2.28. The number of nitrogens with one attached hydrogen (secondary N) is 2. The summed E-state index contributed by atoms with van der Waals surface area (Å²) in [7, 11) is 0. The lowest BCUT2D eigenvalue weighted by Gasteiger charge is -2.01. The second-order valence-corrected chi connectivity index (χ2v) is 6.96. The summed E-state index contributed by atoms with van der Waals surface area (Å²) >= 11 is 0. The van der Waals surface area contributed by atoms with Gasteiger partial charge in [-0.05, 0) is 31.2 Å². The molecule has 0 radical (unpaired) electrons. The molecule has 0 aliphatic rings. The molecule has 0 atom stereocenters. The molecule has 0 aliphatic carbocycles. The Morgan fingerprint density at radius 3 is 2.63 bits per heavy atom. The Kier molecular flexibility index (Phi) is 3.48. The van der Waals surface area contributed by atoms with Crippen molar-refractivity contribution in [2.24, 2.45) is 0 Å². The lowest BCUT2D eigenvalue weighted by Crippen LogP contribution is -1.92. The molecule has 0 bridgehead atoms. The standard InChI is InChI=1S/C21H15N9/c1-12-10-30(11-24-12)17-9-23-8-16-18(17)27-21(26-16)20-19-15(28-29-20)3-2-14(25-19)13-4-6-22-7-5-13/h2-11H,1H3,(H,26,27)(H,28,29). The van der Waals surface area contributed by atoms with E-state index < -0.39 is 0 Å². The number of imidazole rings is 2. The third-order valence-corrected chi connectivity index (χ3v) is 4.97. The average molecular weight is 393 g/mol. The van der Waals surface area contributed by atoms with Crippen LogP contribution in [0, 0.1) is 6.92 Å². The van der Waals surface area contributed by atoms with Crippen LogP contribution in [0.15, 0.2) is 61.6 Å². The first-order chi connectivity index (χ1) is 14.8. The summed E-state index contributed by atoms with van der Waals surface area (Å²) in [4.78, 5) is 25.7. The highest BCUT2D eigenvalue weighted by Gasteiger charge is 2.17. The van der Waals surface area contributed by atoms with E-state index in [2.05, 4.69) is 30.1 Å². The molecule has 6 aromatic rings. The van der Waals surface area contributed by atoms with E-state index >= 15 is 0 Å². The van der Waals surface area contributed by atoms with Gasteiger partial charge in [0.15, 0.2) is 11.5 Å². The normalized spacial score (nSPS) is 11.5. The molecule has 0 saturated heterocycles. The predicted molar refractivity (Wildman–Crippen MR) is 112 cm³/mol. The molecule has 6 rings (SSSR count). The highest BCUT2D eigenvalue weighted by atomic mass is 15.2. The maximum Gasteiger partial charge on any atom is 0.161 e. The molecule has 0 aromatic carbocycles. The number of pyridine rings is 3. The Bertz CT molecular complexity index is 1510. The maximum absolute atomic E-state index is 4.82. The Labute approximate surface area is 169 Å². The zero-order chi connectivity index (χ0) is 20.1. The van der Waals surface area contributed by atoms with Crippen molar-refractivity contribution in [2.75, 3.05) is 0 Å². The van der Waals surface area contributed by atoms with Crippen molar-refractivity contribution < 1.29 is 0 Å². The van der Waals surface area contributed by atoms with E-state index in [1.807, 2.05) is 42.0 Å². The van der Waals surface area contributed by atoms with Gasteiger partial charge in [-0.3, -0.25) is 15.1 Å². The van der Waals surface area contributed by atoms with Crippen molar-refractivity contribution in [1.82, 2.24) is 44.7 Å². The molecule has 0 fully saturated rings. The average Bonchev–Trinajstić information content (AvgIpc) is 3.51. The fraction of sp³-hybridized carbons (Fsp3) is 0.0476. The summed E-state index contributed by atoms with van der Waals surface area (Å²) < 4.78 is 1.91. The minimum Gasteiger partial charge on any atom is -0.335 e. The minimum absolute atomic E-state index is 0.627. The quantitative estimate of drug-likeness (QED) is 0.476. The topological polar surface area (TPSA) is 114 Å². The van der Waals surface area contributed by atoms with Crippen LogP contribution in [0.25, 0.3) is 50.5 Å². The first-order valence-electron chi connectivity index (χ1n) is 9.37. The fourth-order valence-corrected chi connectivity index (χ4v) is 3.52. The first-order valence-corrected chi connectivity index (χ1v) is 9.37. The molecule has 6 aromatic heterocycles. The van der Waals surface area contributed by atoms with Gasteiger partial charge in [0.2, 0.25) is 0 Å². The van der Waals surface area contributed by atoms with Gasteiger partial charge in [-0.25, -0.2) is 15.0 Å². The van der Waals surface area contributed by atoms with Crippen molar-refractivity contribution in [3.63, 3.8) is 0 Å². The van der Waals surface area contributed by atoms with Crippen molar-refractivity contribution >= 4 is 22.1 Å². The molecule has 9 nitrogen and oxygen atoms in total. The molecule has 30 heavy (non-hydrogen) atoms. The van der Waals surface area contributed by atoms with Crippen LogP contribution in [-0.2, 0) is 0 Å². The van der Waals surface area contributed by atoms with Crippen LogP contribution in [-0.4, -0.2) is 44.7 Å². The second kappa shape index (κ2) is 6.31. The van der Waals surface area contributed by atoms with Gasteiger partial charge >= 0.3 is 0 Å². The molecule has 0 aliphatic heterocycles. The van der Waals surface area contributed by atoms with Crippen LogP contribution >= 0.6 is 0 Å². The van der Waals surface area contributed by atoms with Crippen molar-refractivity contribution in [1.29, 1.82) is 0 Å². The molecule has 0 spiro atoms. The first kappa shape index (κ1) is 16.5. The number of hydrogen-bond acceptors (Lipinski definition) is 6. The summed E-state index contributed by atoms with van der Waals surface area (Å²) in [6.45, 7) is 1.95. The van der Waals surface area contributed by atoms with E-state index in [0.29, 0.717) is 11.5 Å². The number of fused-ring (bicyclic) bond motifs is 2. The van der Waals surface area contributed by atoms with E-state index in [4.69, 9.17) is 9.97 Å². The van der Waals surface area contributed by atoms with Crippen LogP contribution in [0.3, 0.4) is 0 Å². The van der Waals surface area contributed by atoms with E-state index in [1.54, 1.807) is 31.1 Å². The van der Waals surface area contributed by atoms with Gasteiger partial charge in [0.1, 0.15) is 11.0 Å². The van der Waals surface area contributed by atoms with Crippen LogP contribution in [0.2, 0.25) is 0 Å². The number of aryl methyl sites for hydroxylation is 1. The Morgan fingerprint density at radius 2 is 1.80 bits per heavy atom. The molecular weight excluding hydrogens is 378 g/mol. The van der Waals surface area contributed by atoms with Gasteiger partial charge in [0.25, 0.3) is 0 Å². The zero-order valence-electron chi connectivity index (χ0n) is 15.9. The SMILES string of the molecule is Cc1cn(-c2cncc3[nH]c(-c4n[nH]c5ccc(-c6ccncc6)nc45)nc23)cn1. The van der Waals surface area contributed by atoms with Gasteiger partial charge in [0.05, 0.1) is 46.8 Å². The third-order valence-electron chi connectivity index (χ3n) is 4.97. The highest BCUT2D eigenvalue weighted by molar-refractivity contribution is 5.92. The number of aromatic nitrogens is 9. The van der Waals surface area contributed by atoms with E-state index in [9.17, 15) is 0 Å². The fourth-order valence-electron chi connectivity index (χ4n) is 3.52. The molecule has 2 N–H and O–H groups in total. The molecule has 0 saturated carbocycles. The molecule has 144 valence electrons. The number of rotatable bonds is 3. The molecular formula is C21H15N9. The number of nitrogens with zero attached hydrogens (tertiary/aromatic N) is 7. The van der Waals surface area contributed by atoms with E-state index in [1.165, 1.54) is 0 Å². The van der Waals surface area contributed by atoms with Crippen LogP contribution in [0.4, 0.5) is 0 Å². The summed E-state index contributed by atoms with van der Waals surface area (Å²) in [5, 5.41) is 7.51. The Hall–Kier alpha value is -4.40. The minimum atomic E-state index is 0.627. The zero-order valence-corrected chi connectivity index (χ0v) is 15.9. The van der Waals surface area contributed by atoms with Crippen molar-refractivity contribution in [3.05, 3.63) is 67.3 Å². The second-order valence-electron chi connectivity index (χ2n) is 6.96. The smallest absolute Gasteiger partial charge is 0.161 e. The largest absolute Gasteiger partial charge is 0.335 e. The maximum atomic E-state index is 4.82. The van der Waals surface area contributed by atoms with Crippen molar-refractivity contribution in [2.45, 2.75) is 6.92 Å². The van der Waals surface area contributed by atoms with E-state index in [-0.39, 0.29) is 0 Å². The number of aromatic amines is 2. The van der Waals surface area contributed by atoms with E-state index in [0.717, 1.165) is 44.7 Å². The summed E-state index contributed by atoms with van der Waals surface area (Å²) in [5.74, 6) is 0.627. The van der Waals surface area contributed by atoms with Gasteiger partial charge in [-0.1, -0.05) is 0 Å². The molecule has 6 heterocycles. The summed E-state index contributed by atoms with van der Waals surface area (Å²) in [5.41, 5.74) is 7.46. The predicted octanol–water partition coefficient (Wildman–Crippen LogP) is 3.45. The van der Waals surface area contributed by atoms with Gasteiger partial charge in [0, 0.05) is 24.2 Å². The van der Waals surface area contributed by atoms with Gasteiger partial charge in [-0.15, -0.1) is 0 Å². The monoisotopic (exact) mass is 393 g/mol. The van der Waals surface area contributed by atoms with Crippen molar-refractivity contribution in [3.8, 4) is 28.5 Å². The van der Waals surface area contributed by atoms with Crippen LogP contribution in [0.5, 0.6) is 0 Å². The lowest BCUT2D eigenvalue weighted by atomic mass is 10.1. The molecule has 9 heteroatoms. The number of hydrogen-bond donors (Lipinski definition) is 2. The van der Waals surface area contributed by atoms with Crippen LogP contribution in [0.1, 0.15) is 5.69 Å². The van der Waals surface area contributed by atoms with Gasteiger partial charge in [-0.2, -0.15) is 5.10 Å². The lowest BCUT2D eigenvalue weighted by molar-refractivity contribution is 1.05. The Morgan fingerprint density at radius 1 is 0.900 bits per heavy atom. The van der Waals surface area contributed by atoms with Gasteiger partial charge < -0.3 is 9.55 Å². The summed E-state index contributed by atoms with van der Waals surface area (Å²) in [6.07, 6.45) is 10.7. The number of H-pyrrole nitrogens is 2. The third kappa shape index (κ3) is 2.56. The molecule has 0 amide bonds. The molecule has 0 unspecified atom stereocenters. The summed E-state index contributed by atoms with van der Waals surface area (Å²) in [6, 6.07) is 7.79. The van der Waals surface area contributed by atoms with Crippen LogP contribution < -0.4 is 0 Å².